The number of alkyl halides is 3. The van der Waals surface area contributed by atoms with Crippen molar-refractivity contribution >= 4 is 0 Å². The molecule has 1 atom stereocenters. The first-order valence-corrected chi connectivity index (χ1v) is 4.26. The molecule has 1 unspecified atom stereocenters. The van der Waals surface area contributed by atoms with Gasteiger partial charge in [0.05, 0.1) is 11.3 Å². The van der Waals surface area contributed by atoms with Crippen molar-refractivity contribution in [2.75, 3.05) is 7.05 Å². The largest absolute Gasteiger partial charge is 0.417 e. The minimum absolute atomic E-state index is 0.0227. The van der Waals surface area contributed by atoms with Gasteiger partial charge in [-0.15, -0.1) is 0 Å². The van der Waals surface area contributed by atoms with E-state index in [1.54, 1.807) is 14.0 Å². The van der Waals surface area contributed by atoms with Gasteiger partial charge in [-0.05, 0) is 20.0 Å². The van der Waals surface area contributed by atoms with Crippen molar-refractivity contribution < 1.29 is 17.6 Å². The third-order valence-electron chi connectivity index (χ3n) is 2.04. The summed E-state index contributed by atoms with van der Waals surface area (Å²) >= 11 is 0. The van der Waals surface area contributed by atoms with Gasteiger partial charge in [0, 0.05) is 12.2 Å². The van der Waals surface area contributed by atoms with Crippen LogP contribution in [0.1, 0.15) is 24.2 Å². The van der Waals surface area contributed by atoms with Gasteiger partial charge in [0.1, 0.15) is 5.82 Å². The Morgan fingerprint density at radius 3 is 2.40 bits per heavy atom. The van der Waals surface area contributed by atoms with E-state index < -0.39 is 23.6 Å². The van der Waals surface area contributed by atoms with Crippen LogP contribution in [0.3, 0.4) is 0 Å². The highest BCUT2D eigenvalue weighted by atomic mass is 19.4. The first kappa shape index (κ1) is 11.9. The smallest absolute Gasteiger partial charge is 0.312 e. The van der Waals surface area contributed by atoms with Crippen LogP contribution in [0, 0.1) is 5.82 Å². The summed E-state index contributed by atoms with van der Waals surface area (Å²) in [6.07, 6.45) is -3.93. The summed E-state index contributed by atoms with van der Waals surface area (Å²) in [5, 5.41) is 2.70. The van der Waals surface area contributed by atoms with E-state index in [-0.39, 0.29) is 5.69 Å². The second-order valence-electron chi connectivity index (χ2n) is 3.10. The van der Waals surface area contributed by atoms with Gasteiger partial charge in [0.15, 0.2) is 0 Å². The van der Waals surface area contributed by atoms with Gasteiger partial charge in [0.25, 0.3) is 0 Å². The average Bonchev–Trinajstić information content (AvgIpc) is 2.15. The Bertz CT molecular complexity index is 348. The second-order valence-corrected chi connectivity index (χ2v) is 3.10. The number of hydrogen-bond donors (Lipinski definition) is 1. The van der Waals surface area contributed by atoms with E-state index in [1.165, 1.54) is 0 Å². The van der Waals surface area contributed by atoms with Gasteiger partial charge >= 0.3 is 6.18 Å². The molecule has 84 valence electrons. The Kier molecular flexibility index (Phi) is 3.28. The van der Waals surface area contributed by atoms with Gasteiger partial charge in [-0.25, -0.2) is 4.39 Å². The van der Waals surface area contributed by atoms with E-state index in [4.69, 9.17) is 0 Å². The van der Waals surface area contributed by atoms with Gasteiger partial charge in [0.2, 0.25) is 0 Å². The molecule has 0 aliphatic carbocycles. The second kappa shape index (κ2) is 4.14. The molecule has 1 N–H and O–H groups in total. The third kappa shape index (κ3) is 2.65. The quantitative estimate of drug-likeness (QED) is 0.778. The third-order valence-corrected chi connectivity index (χ3v) is 2.04. The first-order valence-electron chi connectivity index (χ1n) is 4.26. The summed E-state index contributed by atoms with van der Waals surface area (Å²) < 4.78 is 49.7. The SMILES string of the molecule is CNC(C)c1ncc(C(F)(F)F)cc1F. The number of aromatic nitrogens is 1. The average molecular weight is 222 g/mol. The standard InChI is InChI=1S/C9H10F4N2/c1-5(14-2)8-7(10)3-6(4-15-8)9(11,12)13/h3-5,14H,1-2H3. The van der Waals surface area contributed by atoms with E-state index in [2.05, 4.69) is 10.3 Å². The highest BCUT2D eigenvalue weighted by Crippen LogP contribution is 2.30. The zero-order valence-electron chi connectivity index (χ0n) is 8.19. The first-order chi connectivity index (χ1) is 6.86. The number of hydrogen-bond acceptors (Lipinski definition) is 2. The molecule has 0 saturated heterocycles. The molecule has 2 nitrogen and oxygen atoms in total. The Morgan fingerprint density at radius 1 is 1.40 bits per heavy atom. The zero-order valence-corrected chi connectivity index (χ0v) is 8.19. The van der Waals surface area contributed by atoms with Crippen LogP contribution < -0.4 is 5.32 Å². The lowest BCUT2D eigenvalue weighted by atomic mass is 10.1. The molecule has 0 bridgehead atoms. The van der Waals surface area contributed by atoms with E-state index >= 15 is 0 Å². The van der Waals surface area contributed by atoms with Gasteiger partial charge < -0.3 is 5.32 Å². The fourth-order valence-corrected chi connectivity index (χ4v) is 1.06. The normalized spacial score (nSPS) is 14.0. The lowest BCUT2D eigenvalue weighted by Gasteiger charge is -2.12. The van der Waals surface area contributed by atoms with E-state index in [0.717, 1.165) is 0 Å². The van der Waals surface area contributed by atoms with E-state index in [9.17, 15) is 17.6 Å². The van der Waals surface area contributed by atoms with Crippen LogP contribution >= 0.6 is 0 Å². The summed E-state index contributed by atoms with van der Waals surface area (Å²) in [6.45, 7) is 1.61. The summed E-state index contributed by atoms with van der Waals surface area (Å²) in [4.78, 5) is 3.46. The number of halogens is 4. The predicted octanol–water partition coefficient (Wildman–Crippen LogP) is 2.52. The van der Waals surface area contributed by atoms with E-state index in [1.807, 2.05) is 0 Å². The number of nitrogens with one attached hydrogen (secondary N) is 1. The Balaban J connectivity index is 3.09. The van der Waals surface area contributed by atoms with Crippen LogP contribution in [0.15, 0.2) is 12.3 Å². The van der Waals surface area contributed by atoms with Gasteiger partial charge in [-0.3, -0.25) is 4.98 Å². The molecule has 0 saturated carbocycles. The molecule has 1 aromatic rings. The molecule has 1 heterocycles. The lowest BCUT2D eigenvalue weighted by Crippen LogP contribution is -2.17. The molecule has 6 heteroatoms. The lowest BCUT2D eigenvalue weighted by molar-refractivity contribution is -0.138. The molecule has 0 amide bonds. The van der Waals surface area contributed by atoms with Crippen LogP contribution in [0.25, 0.3) is 0 Å². The van der Waals surface area contributed by atoms with Crippen LogP contribution in [-0.2, 0) is 6.18 Å². The van der Waals surface area contributed by atoms with Gasteiger partial charge in [-0.2, -0.15) is 13.2 Å². The summed E-state index contributed by atoms with van der Waals surface area (Å²) in [7, 11) is 1.57. The van der Waals surface area contributed by atoms with Crippen molar-refractivity contribution in [2.24, 2.45) is 0 Å². The van der Waals surface area contributed by atoms with Gasteiger partial charge in [-0.1, -0.05) is 0 Å². The monoisotopic (exact) mass is 222 g/mol. The highest BCUT2D eigenvalue weighted by molar-refractivity contribution is 5.20. The maximum absolute atomic E-state index is 13.2. The minimum Gasteiger partial charge on any atom is -0.312 e. The number of rotatable bonds is 2. The number of pyridine rings is 1. The van der Waals surface area contributed by atoms with E-state index in [0.29, 0.717) is 12.3 Å². The molecule has 0 aliphatic rings. The molecular weight excluding hydrogens is 212 g/mol. The molecule has 1 aromatic heterocycles. The van der Waals surface area contributed by atoms with Crippen molar-refractivity contribution in [1.82, 2.24) is 10.3 Å². The summed E-state index contributed by atoms with van der Waals surface area (Å²) in [6, 6.07) is 0.0307. The highest BCUT2D eigenvalue weighted by Gasteiger charge is 2.32. The molecule has 0 aliphatic heterocycles. The summed E-state index contributed by atoms with van der Waals surface area (Å²) in [5.41, 5.74) is -1.10. The minimum atomic E-state index is -4.56. The zero-order chi connectivity index (χ0) is 11.6. The summed E-state index contributed by atoms with van der Waals surface area (Å²) in [5.74, 6) is -0.952. The maximum Gasteiger partial charge on any atom is 0.417 e. The fraction of sp³-hybridized carbons (Fsp3) is 0.444. The predicted molar refractivity (Wildman–Crippen MR) is 46.7 cm³/mol. The van der Waals surface area contributed by atoms with Crippen LogP contribution in [-0.4, -0.2) is 12.0 Å². The van der Waals surface area contributed by atoms with Crippen molar-refractivity contribution in [1.29, 1.82) is 0 Å². The van der Waals surface area contributed by atoms with Crippen molar-refractivity contribution in [3.63, 3.8) is 0 Å². The molecule has 0 fully saturated rings. The molecule has 15 heavy (non-hydrogen) atoms. The number of nitrogens with zero attached hydrogens (tertiary/aromatic N) is 1. The molecule has 1 rings (SSSR count). The van der Waals surface area contributed by atoms with Crippen LogP contribution in [0.5, 0.6) is 0 Å². The maximum atomic E-state index is 13.2. The van der Waals surface area contributed by atoms with Crippen molar-refractivity contribution in [2.45, 2.75) is 19.1 Å². The van der Waals surface area contributed by atoms with Crippen molar-refractivity contribution in [3.05, 3.63) is 29.3 Å². The molecule has 0 aromatic carbocycles. The molecular formula is C9H10F4N2. The van der Waals surface area contributed by atoms with Crippen LogP contribution in [0.2, 0.25) is 0 Å². The molecule has 0 spiro atoms. The molecule has 0 radical (unpaired) electrons. The fourth-order valence-electron chi connectivity index (χ4n) is 1.06. The Labute approximate surface area is 84.3 Å². The van der Waals surface area contributed by atoms with Crippen molar-refractivity contribution in [3.8, 4) is 0 Å². The Morgan fingerprint density at radius 2 is 2.00 bits per heavy atom. The topological polar surface area (TPSA) is 24.9 Å². The Hall–Kier alpha value is -1.17. The van der Waals surface area contributed by atoms with Crippen LogP contribution in [0.4, 0.5) is 17.6 Å².